The third-order valence-electron chi connectivity index (χ3n) is 5.47. The molecule has 1 saturated heterocycles. The predicted octanol–water partition coefficient (Wildman–Crippen LogP) is 2.31. The fourth-order valence-electron chi connectivity index (χ4n) is 3.93. The summed E-state index contributed by atoms with van der Waals surface area (Å²) in [5.74, 6) is 0.869. The van der Waals surface area contributed by atoms with Crippen LogP contribution in [0.3, 0.4) is 0 Å². The molecule has 0 aromatic rings. The topological polar surface area (TPSA) is 32.5 Å². The summed E-state index contributed by atoms with van der Waals surface area (Å²) >= 11 is 0. The first-order valence-corrected chi connectivity index (χ1v) is 8.44. The van der Waals surface area contributed by atoms with E-state index >= 15 is 0 Å². The molecule has 2 rings (SSSR count). The van der Waals surface area contributed by atoms with E-state index in [0.717, 1.165) is 18.5 Å². The maximum absolute atomic E-state index is 6.10. The highest BCUT2D eigenvalue weighted by Gasteiger charge is 2.30. The summed E-state index contributed by atoms with van der Waals surface area (Å²) in [4.78, 5) is 5.33. The molecule has 2 aliphatic rings. The predicted molar refractivity (Wildman–Crippen MR) is 82.3 cm³/mol. The minimum absolute atomic E-state index is 0.652. The summed E-state index contributed by atoms with van der Waals surface area (Å²) in [6.45, 7) is 10.4. The van der Waals surface area contributed by atoms with Crippen molar-refractivity contribution in [3.8, 4) is 0 Å². The van der Waals surface area contributed by atoms with Gasteiger partial charge in [0.15, 0.2) is 0 Å². The fraction of sp³-hybridized carbons (Fsp3) is 1.00. The highest BCUT2D eigenvalue weighted by atomic mass is 15.3. The van der Waals surface area contributed by atoms with Crippen LogP contribution in [0, 0.1) is 5.92 Å². The number of nitrogens with zero attached hydrogens (tertiary/aromatic N) is 2. The average molecular weight is 267 g/mol. The first kappa shape index (κ1) is 15.3. The fourth-order valence-corrected chi connectivity index (χ4v) is 3.93. The van der Waals surface area contributed by atoms with E-state index < -0.39 is 0 Å². The summed E-state index contributed by atoms with van der Waals surface area (Å²) in [6, 6.07) is 1.40. The molecule has 1 aliphatic heterocycles. The SMILES string of the molecule is CCC(C)N1CCN(C(CN)C2CCCCC2)CC1. The summed E-state index contributed by atoms with van der Waals surface area (Å²) in [7, 11) is 0. The smallest absolute Gasteiger partial charge is 0.0247 e. The van der Waals surface area contributed by atoms with Crippen molar-refractivity contribution in [2.45, 2.75) is 64.5 Å². The maximum Gasteiger partial charge on any atom is 0.0247 e. The van der Waals surface area contributed by atoms with Crippen molar-refractivity contribution in [2.75, 3.05) is 32.7 Å². The largest absolute Gasteiger partial charge is 0.329 e. The monoisotopic (exact) mass is 267 g/mol. The van der Waals surface area contributed by atoms with Gasteiger partial charge in [-0.2, -0.15) is 0 Å². The molecule has 3 nitrogen and oxygen atoms in total. The second kappa shape index (κ2) is 7.61. The Kier molecular flexibility index (Phi) is 6.11. The van der Waals surface area contributed by atoms with Crippen LogP contribution in [0.5, 0.6) is 0 Å². The molecule has 19 heavy (non-hydrogen) atoms. The van der Waals surface area contributed by atoms with E-state index in [1.165, 1.54) is 64.7 Å². The number of piperazine rings is 1. The van der Waals surface area contributed by atoms with Gasteiger partial charge in [-0.05, 0) is 32.1 Å². The lowest BCUT2D eigenvalue weighted by molar-refractivity contribution is 0.0463. The van der Waals surface area contributed by atoms with Crippen LogP contribution in [0.2, 0.25) is 0 Å². The van der Waals surface area contributed by atoms with Crippen molar-refractivity contribution in [1.82, 2.24) is 9.80 Å². The van der Waals surface area contributed by atoms with Crippen LogP contribution >= 0.6 is 0 Å². The third-order valence-corrected chi connectivity index (χ3v) is 5.47. The van der Waals surface area contributed by atoms with E-state index in [4.69, 9.17) is 5.73 Å². The van der Waals surface area contributed by atoms with Crippen LogP contribution in [-0.2, 0) is 0 Å². The summed E-state index contributed by atoms with van der Waals surface area (Å²) in [5, 5.41) is 0. The molecule has 3 heteroatoms. The zero-order valence-electron chi connectivity index (χ0n) is 13.0. The minimum Gasteiger partial charge on any atom is -0.329 e. The van der Waals surface area contributed by atoms with E-state index in [2.05, 4.69) is 23.6 Å². The van der Waals surface area contributed by atoms with Crippen molar-refractivity contribution >= 4 is 0 Å². The summed E-state index contributed by atoms with van der Waals surface area (Å²) in [6.07, 6.45) is 8.38. The maximum atomic E-state index is 6.10. The van der Waals surface area contributed by atoms with Crippen LogP contribution < -0.4 is 5.73 Å². The van der Waals surface area contributed by atoms with E-state index in [0.29, 0.717) is 6.04 Å². The van der Waals surface area contributed by atoms with Crippen molar-refractivity contribution < 1.29 is 0 Å². The Balaban J connectivity index is 1.84. The standard InChI is InChI=1S/C16H33N3/c1-3-14(2)18-9-11-19(12-10-18)16(13-17)15-7-5-4-6-8-15/h14-16H,3-13,17H2,1-2H3. The number of rotatable bonds is 5. The third kappa shape index (κ3) is 3.93. The van der Waals surface area contributed by atoms with Gasteiger partial charge in [0.25, 0.3) is 0 Å². The number of hydrogen-bond acceptors (Lipinski definition) is 3. The van der Waals surface area contributed by atoms with Gasteiger partial charge in [-0.1, -0.05) is 26.2 Å². The lowest BCUT2D eigenvalue weighted by Gasteiger charge is -2.44. The minimum atomic E-state index is 0.652. The Labute approximate surface area is 119 Å². The molecular weight excluding hydrogens is 234 g/mol. The van der Waals surface area contributed by atoms with Gasteiger partial charge >= 0.3 is 0 Å². The molecule has 2 atom stereocenters. The highest BCUT2D eigenvalue weighted by molar-refractivity contribution is 4.86. The summed E-state index contributed by atoms with van der Waals surface area (Å²) < 4.78 is 0. The molecule has 0 spiro atoms. The average Bonchev–Trinajstić information content (AvgIpc) is 2.49. The molecule has 0 amide bonds. The van der Waals surface area contributed by atoms with Crippen LogP contribution in [-0.4, -0.2) is 54.6 Å². The van der Waals surface area contributed by atoms with Gasteiger partial charge in [0.1, 0.15) is 0 Å². The lowest BCUT2D eigenvalue weighted by Crippen LogP contribution is -2.56. The quantitative estimate of drug-likeness (QED) is 0.829. The molecule has 1 heterocycles. The van der Waals surface area contributed by atoms with Crippen LogP contribution in [0.25, 0.3) is 0 Å². The van der Waals surface area contributed by atoms with Gasteiger partial charge < -0.3 is 5.73 Å². The lowest BCUT2D eigenvalue weighted by atomic mass is 9.83. The molecule has 0 bridgehead atoms. The zero-order valence-corrected chi connectivity index (χ0v) is 13.0. The van der Waals surface area contributed by atoms with Crippen molar-refractivity contribution in [3.63, 3.8) is 0 Å². The normalized spacial score (nSPS) is 27.3. The van der Waals surface area contributed by atoms with Gasteiger partial charge in [-0.3, -0.25) is 9.80 Å². The molecule has 2 N–H and O–H groups in total. The van der Waals surface area contributed by atoms with Gasteiger partial charge in [0.2, 0.25) is 0 Å². The van der Waals surface area contributed by atoms with Crippen LogP contribution in [0.15, 0.2) is 0 Å². The first-order chi connectivity index (χ1) is 9.26. The van der Waals surface area contributed by atoms with Crippen molar-refractivity contribution in [1.29, 1.82) is 0 Å². The Morgan fingerprint density at radius 2 is 1.58 bits per heavy atom. The second-order valence-corrected chi connectivity index (χ2v) is 6.53. The van der Waals surface area contributed by atoms with Crippen LogP contribution in [0.1, 0.15) is 52.4 Å². The van der Waals surface area contributed by atoms with Gasteiger partial charge in [-0.25, -0.2) is 0 Å². The van der Waals surface area contributed by atoms with Gasteiger partial charge in [-0.15, -0.1) is 0 Å². The molecular formula is C16H33N3. The Bertz CT molecular complexity index is 242. The molecule has 112 valence electrons. The molecule has 2 fully saturated rings. The Morgan fingerprint density at radius 1 is 1.00 bits per heavy atom. The number of nitrogens with two attached hydrogens (primary N) is 1. The van der Waals surface area contributed by atoms with Gasteiger partial charge in [0, 0.05) is 44.8 Å². The second-order valence-electron chi connectivity index (χ2n) is 6.53. The van der Waals surface area contributed by atoms with E-state index in [1.807, 2.05) is 0 Å². The summed E-state index contributed by atoms with van der Waals surface area (Å²) in [5.41, 5.74) is 6.10. The Hall–Kier alpha value is -0.120. The molecule has 2 unspecified atom stereocenters. The van der Waals surface area contributed by atoms with Crippen molar-refractivity contribution in [2.24, 2.45) is 11.7 Å². The zero-order chi connectivity index (χ0) is 13.7. The number of hydrogen-bond donors (Lipinski definition) is 1. The van der Waals surface area contributed by atoms with Crippen LogP contribution in [0.4, 0.5) is 0 Å². The van der Waals surface area contributed by atoms with E-state index in [1.54, 1.807) is 0 Å². The molecule has 0 aromatic carbocycles. The first-order valence-electron chi connectivity index (χ1n) is 8.44. The molecule has 0 aromatic heterocycles. The van der Waals surface area contributed by atoms with E-state index in [-0.39, 0.29) is 0 Å². The van der Waals surface area contributed by atoms with Crippen molar-refractivity contribution in [3.05, 3.63) is 0 Å². The van der Waals surface area contributed by atoms with E-state index in [9.17, 15) is 0 Å². The Morgan fingerprint density at radius 3 is 2.11 bits per heavy atom. The molecule has 1 saturated carbocycles. The van der Waals surface area contributed by atoms with Gasteiger partial charge in [0.05, 0.1) is 0 Å². The molecule has 1 aliphatic carbocycles. The molecule has 0 radical (unpaired) electrons. The highest BCUT2D eigenvalue weighted by Crippen LogP contribution is 2.29.